The minimum Gasteiger partial charge on any atom is -0.471 e. The quantitative estimate of drug-likeness (QED) is 0.498. The van der Waals surface area contributed by atoms with Gasteiger partial charge in [-0.05, 0) is 11.6 Å². The molecule has 1 aromatic carbocycles. The second-order valence-electron chi connectivity index (χ2n) is 7.43. The monoisotopic (exact) mass is 401 g/mol. The third kappa shape index (κ3) is 2.74. The lowest BCUT2D eigenvalue weighted by Crippen LogP contribution is -2.17. The van der Waals surface area contributed by atoms with Gasteiger partial charge < -0.3 is 9.47 Å². The van der Waals surface area contributed by atoms with Crippen LogP contribution in [0.5, 0.6) is 5.88 Å². The maximum atomic E-state index is 6.28. The lowest BCUT2D eigenvalue weighted by Gasteiger charge is -2.14. The van der Waals surface area contributed by atoms with Crippen LogP contribution in [0.1, 0.15) is 6.42 Å². The molecule has 1 aliphatic heterocycles. The van der Waals surface area contributed by atoms with Gasteiger partial charge in [0.05, 0.1) is 42.9 Å². The van der Waals surface area contributed by atoms with E-state index in [0.29, 0.717) is 19.1 Å². The molecule has 1 aliphatic rings. The van der Waals surface area contributed by atoms with Gasteiger partial charge in [-0.2, -0.15) is 20.3 Å². The highest BCUT2D eigenvalue weighted by Gasteiger charge is 2.23. The van der Waals surface area contributed by atoms with Gasteiger partial charge in [0.1, 0.15) is 6.10 Å². The SMILES string of the molecule is Cn1cc(-c2cn3ncc(-c4cccc5[nH]ncc45)c3nc2OC2CCOC2)cn1. The molecule has 1 N–H and O–H groups in total. The molecule has 150 valence electrons. The van der Waals surface area contributed by atoms with Crippen LogP contribution in [0.3, 0.4) is 0 Å². The predicted octanol–water partition coefficient (Wildman–Crippen LogP) is 2.84. The Morgan fingerprint density at radius 2 is 2.07 bits per heavy atom. The normalized spacial score (nSPS) is 16.6. The number of fused-ring (bicyclic) bond motifs is 2. The van der Waals surface area contributed by atoms with E-state index >= 15 is 0 Å². The van der Waals surface area contributed by atoms with Crippen molar-refractivity contribution in [1.29, 1.82) is 0 Å². The number of hydrogen-bond donors (Lipinski definition) is 1. The second kappa shape index (κ2) is 6.67. The Bertz CT molecular complexity index is 1360. The highest BCUT2D eigenvalue weighted by Crippen LogP contribution is 2.35. The van der Waals surface area contributed by atoms with Crippen molar-refractivity contribution in [1.82, 2.24) is 34.6 Å². The molecule has 5 heterocycles. The Morgan fingerprint density at radius 1 is 1.10 bits per heavy atom. The number of aryl methyl sites for hydroxylation is 1. The van der Waals surface area contributed by atoms with Crippen LogP contribution in [0, 0.1) is 0 Å². The predicted molar refractivity (Wildman–Crippen MR) is 110 cm³/mol. The van der Waals surface area contributed by atoms with Crippen LogP contribution in [0.15, 0.2) is 49.2 Å². The number of rotatable bonds is 4. The number of benzene rings is 1. The first kappa shape index (κ1) is 17.2. The van der Waals surface area contributed by atoms with Gasteiger partial charge in [0.2, 0.25) is 5.88 Å². The molecule has 0 bridgehead atoms. The molecule has 1 fully saturated rings. The van der Waals surface area contributed by atoms with E-state index in [2.05, 4.69) is 26.5 Å². The molecule has 1 atom stereocenters. The van der Waals surface area contributed by atoms with E-state index in [1.165, 1.54) is 0 Å². The summed E-state index contributed by atoms with van der Waals surface area (Å²) in [6.07, 6.45) is 10.2. The second-order valence-corrected chi connectivity index (χ2v) is 7.43. The Morgan fingerprint density at radius 3 is 2.90 bits per heavy atom. The number of hydrogen-bond acceptors (Lipinski definition) is 6. The summed E-state index contributed by atoms with van der Waals surface area (Å²) >= 11 is 0. The number of H-pyrrole nitrogens is 1. The fourth-order valence-corrected chi connectivity index (χ4v) is 3.90. The van der Waals surface area contributed by atoms with Crippen LogP contribution in [0.2, 0.25) is 0 Å². The molecule has 6 rings (SSSR count). The molecule has 1 saturated heterocycles. The molecular weight excluding hydrogens is 382 g/mol. The third-order valence-electron chi connectivity index (χ3n) is 5.42. The van der Waals surface area contributed by atoms with Crippen LogP contribution in [0.4, 0.5) is 0 Å². The van der Waals surface area contributed by atoms with Crippen LogP contribution < -0.4 is 4.74 Å². The summed E-state index contributed by atoms with van der Waals surface area (Å²) in [6.45, 7) is 1.27. The van der Waals surface area contributed by atoms with Crippen molar-refractivity contribution in [3.63, 3.8) is 0 Å². The van der Waals surface area contributed by atoms with Crippen molar-refractivity contribution >= 4 is 16.6 Å². The van der Waals surface area contributed by atoms with Gasteiger partial charge in [-0.25, -0.2) is 4.52 Å². The van der Waals surface area contributed by atoms with E-state index in [0.717, 1.165) is 45.2 Å². The molecule has 0 spiro atoms. The Hall–Kier alpha value is -3.72. The molecule has 1 unspecified atom stereocenters. The van der Waals surface area contributed by atoms with Crippen LogP contribution in [-0.2, 0) is 11.8 Å². The fraction of sp³-hybridized carbons (Fsp3) is 0.238. The summed E-state index contributed by atoms with van der Waals surface area (Å²) in [5.74, 6) is 0.562. The summed E-state index contributed by atoms with van der Waals surface area (Å²) < 4.78 is 15.3. The standard InChI is InChI=1S/C21H19N7O2/c1-27-10-13(7-23-27)18-11-28-20(25-21(18)30-14-5-6-29-12-14)17(9-24-28)15-3-2-4-19-16(15)8-22-26-19/h2-4,7-11,14H,5-6,12H2,1H3,(H,22,26). The first-order valence-corrected chi connectivity index (χ1v) is 9.80. The topological polar surface area (TPSA) is 95.2 Å². The van der Waals surface area contributed by atoms with E-state index in [-0.39, 0.29) is 6.10 Å². The zero-order valence-electron chi connectivity index (χ0n) is 16.3. The largest absolute Gasteiger partial charge is 0.471 e. The molecule has 0 amide bonds. The summed E-state index contributed by atoms with van der Waals surface area (Å²) in [6, 6.07) is 6.05. The maximum absolute atomic E-state index is 6.28. The molecule has 5 aromatic rings. The van der Waals surface area contributed by atoms with E-state index in [1.807, 2.05) is 44.0 Å². The van der Waals surface area contributed by atoms with Gasteiger partial charge in [0, 0.05) is 42.4 Å². The third-order valence-corrected chi connectivity index (χ3v) is 5.42. The van der Waals surface area contributed by atoms with Crippen molar-refractivity contribution in [2.75, 3.05) is 13.2 Å². The molecule has 0 aliphatic carbocycles. The van der Waals surface area contributed by atoms with Crippen molar-refractivity contribution in [3.8, 4) is 28.1 Å². The van der Waals surface area contributed by atoms with Crippen LogP contribution in [0.25, 0.3) is 38.8 Å². The summed E-state index contributed by atoms with van der Waals surface area (Å²) in [5.41, 5.74) is 5.41. The average Bonchev–Trinajstić information content (AvgIpc) is 3.54. The van der Waals surface area contributed by atoms with E-state index < -0.39 is 0 Å². The first-order chi connectivity index (χ1) is 14.8. The molecule has 0 saturated carbocycles. The van der Waals surface area contributed by atoms with Crippen molar-refractivity contribution in [2.45, 2.75) is 12.5 Å². The molecule has 4 aromatic heterocycles. The van der Waals surface area contributed by atoms with Crippen LogP contribution in [-0.4, -0.2) is 53.9 Å². The van der Waals surface area contributed by atoms with E-state index in [1.54, 1.807) is 15.4 Å². The minimum atomic E-state index is -0.0148. The molecule has 9 heteroatoms. The number of aromatic nitrogens is 7. The number of ether oxygens (including phenoxy) is 2. The molecule has 9 nitrogen and oxygen atoms in total. The summed E-state index contributed by atoms with van der Waals surface area (Å²) in [5, 5.41) is 17.1. The smallest absolute Gasteiger partial charge is 0.225 e. The number of aromatic amines is 1. The lowest BCUT2D eigenvalue weighted by molar-refractivity contribution is 0.138. The van der Waals surface area contributed by atoms with Gasteiger partial charge >= 0.3 is 0 Å². The number of nitrogens with zero attached hydrogens (tertiary/aromatic N) is 6. The molecule has 0 radical (unpaired) electrons. The average molecular weight is 401 g/mol. The van der Waals surface area contributed by atoms with Gasteiger partial charge in [-0.15, -0.1) is 0 Å². The van der Waals surface area contributed by atoms with Crippen molar-refractivity contribution in [2.24, 2.45) is 7.05 Å². The maximum Gasteiger partial charge on any atom is 0.225 e. The van der Waals surface area contributed by atoms with E-state index in [4.69, 9.17) is 14.5 Å². The van der Waals surface area contributed by atoms with E-state index in [9.17, 15) is 0 Å². The Balaban J connectivity index is 1.54. The van der Waals surface area contributed by atoms with Gasteiger partial charge in [0.25, 0.3) is 0 Å². The zero-order chi connectivity index (χ0) is 20.1. The van der Waals surface area contributed by atoms with Crippen molar-refractivity contribution < 1.29 is 9.47 Å². The molecular formula is C21H19N7O2. The summed E-state index contributed by atoms with van der Waals surface area (Å²) in [7, 11) is 1.89. The number of nitrogens with one attached hydrogen (secondary N) is 1. The Labute approximate surface area is 171 Å². The van der Waals surface area contributed by atoms with Gasteiger partial charge in [-0.3, -0.25) is 9.78 Å². The molecule has 30 heavy (non-hydrogen) atoms. The van der Waals surface area contributed by atoms with Gasteiger partial charge in [-0.1, -0.05) is 12.1 Å². The minimum absolute atomic E-state index is 0.0148. The van der Waals surface area contributed by atoms with Crippen molar-refractivity contribution in [3.05, 3.63) is 49.2 Å². The fourth-order valence-electron chi connectivity index (χ4n) is 3.90. The lowest BCUT2D eigenvalue weighted by atomic mass is 10.0. The zero-order valence-corrected chi connectivity index (χ0v) is 16.3. The van der Waals surface area contributed by atoms with Crippen LogP contribution >= 0.6 is 0 Å². The summed E-state index contributed by atoms with van der Waals surface area (Å²) in [4.78, 5) is 4.91. The van der Waals surface area contributed by atoms with Gasteiger partial charge in [0.15, 0.2) is 5.65 Å². The highest BCUT2D eigenvalue weighted by atomic mass is 16.5. The highest BCUT2D eigenvalue weighted by molar-refractivity contribution is 5.97. The Kier molecular flexibility index (Phi) is 3.81. The first-order valence-electron chi connectivity index (χ1n) is 9.80.